The first kappa shape index (κ1) is 14.8. The molecule has 2 aliphatic carbocycles. The number of nitrogens with zero attached hydrogens (tertiary/aromatic N) is 1. The van der Waals surface area contributed by atoms with Crippen LogP contribution in [0.25, 0.3) is 0 Å². The van der Waals surface area contributed by atoms with Crippen LogP contribution < -0.4 is 11.1 Å². The second kappa shape index (κ2) is 5.91. The van der Waals surface area contributed by atoms with Gasteiger partial charge in [0.05, 0.1) is 5.56 Å². The third-order valence-electron chi connectivity index (χ3n) is 5.36. The van der Waals surface area contributed by atoms with Crippen LogP contribution >= 0.6 is 12.2 Å². The predicted octanol–water partition coefficient (Wildman–Crippen LogP) is 3.59. The van der Waals surface area contributed by atoms with Crippen molar-refractivity contribution in [1.82, 2.24) is 4.98 Å². The summed E-state index contributed by atoms with van der Waals surface area (Å²) >= 11 is 5.22. The Morgan fingerprint density at radius 3 is 2.76 bits per heavy atom. The van der Waals surface area contributed by atoms with Gasteiger partial charge >= 0.3 is 0 Å². The van der Waals surface area contributed by atoms with E-state index in [1.807, 2.05) is 0 Å². The maximum absolute atomic E-state index is 5.91. The van der Waals surface area contributed by atoms with Gasteiger partial charge in [0.2, 0.25) is 0 Å². The van der Waals surface area contributed by atoms with Gasteiger partial charge in [-0.1, -0.05) is 32.0 Å². The van der Waals surface area contributed by atoms with Gasteiger partial charge in [0.25, 0.3) is 0 Å². The number of aromatic nitrogens is 1. The molecular formula is C17H25N3S. The van der Waals surface area contributed by atoms with Crippen molar-refractivity contribution in [2.45, 2.75) is 58.3 Å². The highest BCUT2D eigenvalue weighted by Crippen LogP contribution is 2.41. The third-order valence-corrected chi connectivity index (χ3v) is 5.58. The van der Waals surface area contributed by atoms with E-state index in [2.05, 4.69) is 18.3 Å². The zero-order valence-corrected chi connectivity index (χ0v) is 13.7. The number of rotatable bonds is 5. The number of fused-ring (bicyclic) bond motifs is 1. The maximum atomic E-state index is 5.91. The normalized spacial score (nSPS) is 19.5. The number of thiocarbonyl (C=S) groups is 1. The Bertz CT molecular complexity index is 547. The Labute approximate surface area is 132 Å². The minimum Gasteiger partial charge on any atom is -0.389 e. The molecule has 1 heterocycles. The SMILES string of the molecule is CCC1(CNc2nc3c(cc2C(N)=S)CCC3)CCCC1. The zero-order chi connectivity index (χ0) is 14.9. The molecule has 3 nitrogen and oxygen atoms in total. The second-order valence-corrected chi connectivity index (χ2v) is 7.06. The van der Waals surface area contributed by atoms with Crippen molar-refractivity contribution in [2.75, 3.05) is 11.9 Å². The molecule has 0 saturated heterocycles. The number of anilines is 1. The second-order valence-electron chi connectivity index (χ2n) is 6.62. The number of pyridine rings is 1. The number of aryl methyl sites for hydroxylation is 2. The summed E-state index contributed by atoms with van der Waals surface area (Å²) in [5.74, 6) is 0.905. The molecule has 0 spiro atoms. The summed E-state index contributed by atoms with van der Waals surface area (Å²) in [6.07, 6.45) is 9.98. The molecule has 3 rings (SSSR count). The van der Waals surface area contributed by atoms with Crippen molar-refractivity contribution in [1.29, 1.82) is 0 Å². The molecule has 4 heteroatoms. The van der Waals surface area contributed by atoms with Gasteiger partial charge in [-0.3, -0.25) is 0 Å². The minimum absolute atomic E-state index is 0.439. The monoisotopic (exact) mass is 303 g/mol. The summed E-state index contributed by atoms with van der Waals surface area (Å²) in [6, 6.07) is 2.16. The van der Waals surface area contributed by atoms with Crippen LogP contribution in [0.1, 0.15) is 62.3 Å². The molecule has 1 saturated carbocycles. The minimum atomic E-state index is 0.439. The van der Waals surface area contributed by atoms with Gasteiger partial charge in [0.15, 0.2) is 0 Å². The molecule has 0 bridgehead atoms. The van der Waals surface area contributed by atoms with E-state index in [0.29, 0.717) is 10.4 Å². The van der Waals surface area contributed by atoms with Gasteiger partial charge in [0, 0.05) is 12.2 Å². The van der Waals surface area contributed by atoms with Crippen molar-refractivity contribution < 1.29 is 0 Å². The Kier molecular flexibility index (Phi) is 4.16. The van der Waals surface area contributed by atoms with Gasteiger partial charge in [-0.05, 0) is 55.6 Å². The summed E-state index contributed by atoms with van der Waals surface area (Å²) in [6.45, 7) is 3.29. The topological polar surface area (TPSA) is 50.9 Å². The molecule has 0 unspecified atom stereocenters. The van der Waals surface area contributed by atoms with Gasteiger partial charge < -0.3 is 11.1 Å². The van der Waals surface area contributed by atoms with E-state index < -0.39 is 0 Å². The van der Waals surface area contributed by atoms with Crippen LogP contribution in [0.5, 0.6) is 0 Å². The number of hydrogen-bond acceptors (Lipinski definition) is 3. The van der Waals surface area contributed by atoms with E-state index in [1.165, 1.54) is 49.8 Å². The van der Waals surface area contributed by atoms with Gasteiger partial charge in [-0.2, -0.15) is 0 Å². The molecule has 0 radical (unpaired) electrons. The van der Waals surface area contributed by atoms with Gasteiger partial charge in [-0.25, -0.2) is 4.98 Å². The summed E-state index contributed by atoms with van der Waals surface area (Å²) < 4.78 is 0. The molecule has 2 aliphatic rings. The summed E-state index contributed by atoms with van der Waals surface area (Å²) in [5, 5.41) is 3.58. The molecule has 1 aromatic rings. The first-order valence-electron chi connectivity index (χ1n) is 8.20. The summed E-state index contributed by atoms with van der Waals surface area (Å²) in [5.41, 5.74) is 9.83. The van der Waals surface area contributed by atoms with Crippen molar-refractivity contribution in [3.05, 3.63) is 22.9 Å². The lowest BCUT2D eigenvalue weighted by atomic mass is 9.83. The van der Waals surface area contributed by atoms with Crippen molar-refractivity contribution in [2.24, 2.45) is 11.1 Å². The van der Waals surface area contributed by atoms with E-state index in [1.54, 1.807) is 0 Å². The van der Waals surface area contributed by atoms with Crippen molar-refractivity contribution in [3.8, 4) is 0 Å². The van der Waals surface area contributed by atoms with Crippen LogP contribution in [0.2, 0.25) is 0 Å². The van der Waals surface area contributed by atoms with Crippen LogP contribution in [-0.2, 0) is 12.8 Å². The molecule has 3 N–H and O–H groups in total. The Morgan fingerprint density at radius 2 is 2.10 bits per heavy atom. The molecular weight excluding hydrogens is 278 g/mol. The number of nitrogens with two attached hydrogens (primary N) is 1. The first-order chi connectivity index (χ1) is 10.1. The van der Waals surface area contributed by atoms with E-state index >= 15 is 0 Å². The highest BCUT2D eigenvalue weighted by atomic mass is 32.1. The summed E-state index contributed by atoms with van der Waals surface area (Å²) in [4.78, 5) is 5.28. The van der Waals surface area contributed by atoms with Crippen LogP contribution in [-0.4, -0.2) is 16.5 Å². The van der Waals surface area contributed by atoms with Crippen LogP contribution in [0.4, 0.5) is 5.82 Å². The Balaban J connectivity index is 1.82. The van der Waals surface area contributed by atoms with E-state index in [9.17, 15) is 0 Å². The standard InChI is InChI=1S/C17H25N3S/c1-2-17(8-3-4-9-17)11-19-16-13(15(18)21)10-12-6-5-7-14(12)20-16/h10H,2-9,11H2,1H3,(H2,18,21)(H,19,20). The lowest BCUT2D eigenvalue weighted by Gasteiger charge is -2.28. The summed E-state index contributed by atoms with van der Waals surface area (Å²) in [7, 11) is 0. The fourth-order valence-electron chi connectivity index (χ4n) is 3.85. The van der Waals surface area contributed by atoms with Crippen LogP contribution in [0.15, 0.2) is 6.07 Å². The van der Waals surface area contributed by atoms with Crippen molar-refractivity contribution >= 4 is 23.0 Å². The maximum Gasteiger partial charge on any atom is 0.136 e. The van der Waals surface area contributed by atoms with Gasteiger partial charge in [0.1, 0.15) is 10.8 Å². The highest BCUT2D eigenvalue weighted by molar-refractivity contribution is 7.80. The molecule has 1 fully saturated rings. The highest BCUT2D eigenvalue weighted by Gasteiger charge is 2.32. The largest absolute Gasteiger partial charge is 0.389 e. The molecule has 0 amide bonds. The van der Waals surface area contributed by atoms with Crippen LogP contribution in [0.3, 0.4) is 0 Å². The lowest BCUT2D eigenvalue weighted by molar-refractivity contribution is 0.306. The fourth-order valence-corrected chi connectivity index (χ4v) is 4.00. The average molecular weight is 303 g/mol. The predicted molar refractivity (Wildman–Crippen MR) is 91.8 cm³/mol. The Hall–Kier alpha value is -1.16. The molecule has 114 valence electrons. The molecule has 0 aromatic carbocycles. The lowest BCUT2D eigenvalue weighted by Crippen LogP contribution is -2.27. The molecule has 0 atom stereocenters. The van der Waals surface area contributed by atoms with E-state index in [4.69, 9.17) is 22.9 Å². The molecule has 1 aromatic heterocycles. The van der Waals surface area contributed by atoms with Crippen LogP contribution in [0, 0.1) is 5.41 Å². The average Bonchev–Trinajstić information content (AvgIpc) is 3.13. The van der Waals surface area contributed by atoms with Gasteiger partial charge in [-0.15, -0.1) is 0 Å². The quantitative estimate of drug-likeness (QED) is 0.816. The number of nitrogens with one attached hydrogen (secondary N) is 1. The van der Waals surface area contributed by atoms with Crippen molar-refractivity contribution in [3.63, 3.8) is 0 Å². The number of hydrogen-bond donors (Lipinski definition) is 2. The molecule has 21 heavy (non-hydrogen) atoms. The first-order valence-corrected chi connectivity index (χ1v) is 8.61. The zero-order valence-electron chi connectivity index (χ0n) is 12.9. The smallest absolute Gasteiger partial charge is 0.136 e. The Morgan fingerprint density at radius 1 is 1.33 bits per heavy atom. The van der Waals surface area contributed by atoms with E-state index in [-0.39, 0.29) is 0 Å². The van der Waals surface area contributed by atoms with E-state index in [0.717, 1.165) is 30.8 Å². The molecule has 0 aliphatic heterocycles. The fraction of sp³-hybridized carbons (Fsp3) is 0.647. The third kappa shape index (κ3) is 2.91.